The van der Waals surface area contributed by atoms with Crippen molar-refractivity contribution in [2.75, 3.05) is 46.9 Å². The molecule has 0 amide bonds. The highest BCUT2D eigenvalue weighted by Gasteiger charge is 2.16. The van der Waals surface area contributed by atoms with E-state index in [2.05, 4.69) is 27.7 Å². The van der Waals surface area contributed by atoms with Crippen molar-refractivity contribution in [3.63, 3.8) is 0 Å². The van der Waals surface area contributed by atoms with E-state index in [-0.39, 0.29) is 0 Å². The fourth-order valence-corrected chi connectivity index (χ4v) is 2.22. The quantitative estimate of drug-likeness (QED) is 0.202. The van der Waals surface area contributed by atoms with Gasteiger partial charge in [-0.15, -0.1) is 0 Å². The van der Waals surface area contributed by atoms with Crippen molar-refractivity contribution in [3.8, 4) is 0 Å². The van der Waals surface area contributed by atoms with Crippen LogP contribution in [0.5, 0.6) is 0 Å². The molecule has 0 bridgehead atoms. The van der Waals surface area contributed by atoms with Crippen LogP contribution in [0.3, 0.4) is 0 Å². The third kappa shape index (κ3) is 6.18. The molecule has 1 saturated heterocycles. The van der Waals surface area contributed by atoms with Gasteiger partial charge in [0.25, 0.3) is 0 Å². The fraction of sp³-hybridized carbons (Fsp3) is 0.917. The molecule has 0 saturated carbocycles. The number of hydrogen-bond donors (Lipinski definition) is 3. The molecule has 1 aliphatic rings. The first kappa shape index (κ1) is 15.2. The molecule has 1 rings (SSSR count). The predicted molar refractivity (Wildman–Crippen MR) is 74.3 cm³/mol. The average molecular weight is 257 g/mol. The van der Waals surface area contributed by atoms with Crippen LogP contribution in [0.15, 0.2) is 4.99 Å². The van der Waals surface area contributed by atoms with E-state index in [1.165, 1.54) is 19.4 Å². The zero-order valence-electron chi connectivity index (χ0n) is 11.6. The van der Waals surface area contributed by atoms with Gasteiger partial charge < -0.3 is 15.0 Å². The Morgan fingerprint density at radius 3 is 3.06 bits per heavy atom. The summed E-state index contributed by atoms with van der Waals surface area (Å²) in [4.78, 5) is 6.87. The molecule has 0 aliphatic carbocycles. The van der Waals surface area contributed by atoms with Gasteiger partial charge in [-0.3, -0.25) is 10.4 Å². The topological polar surface area (TPSA) is 74.9 Å². The number of nitrogens with one attached hydrogen (secondary N) is 2. The highest BCUT2D eigenvalue weighted by molar-refractivity contribution is 5.79. The summed E-state index contributed by atoms with van der Waals surface area (Å²) in [6.45, 7) is 4.74. The van der Waals surface area contributed by atoms with Crippen LogP contribution in [0.25, 0.3) is 0 Å². The van der Waals surface area contributed by atoms with Crippen molar-refractivity contribution >= 4 is 5.96 Å². The Labute approximate surface area is 110 Å². The number of hydrogen-bond acceptors (Lipinski definition) is 4. The zero-order valence-corrected chi connectivity index (χ0v) is 11.6. The van der Waals surface area contributed by atoms with Crippen LogP contribution in [0.2, 0.25) is 0 Å². The summed E-state index contributed by atoms with van der Waals surface area (Å²) in [5.74, 6) is 6.77. The molecule has 0 aromatic carbocycles. The van der Waals surface area contributed by atoms with E-state index >= 15 is 0 Å². The van der Waals surface area contributed by atoms with Crippen molar-refractivity contribution < 1.29 is 4.74 Å². The minimum absolute atomic E-state index is 0.646. The summed E-state index contributed by atoms with van der Waals surface area (Å²) >= 11 is 0. The van der Waals surface area contributed by atoms with Gasteiger partial charge in [-0.05, 0) is 38.8 Å². The molecule has 6 nitrogen and oxygen atoms in total. The number of piperidine rings is 1. The van der Waals surface area contributed by atoms with Gasteiger partial charge in [0.15, 0.2) is 0 Å². The van der Waals surface area contributed by atoms with Crippen LogP contribution in [-0.4, -0.2) is 57.8 Å². The van der Waals surface area contributed by atoms with Crippen molar-refractivity contribution in [2.24, 2.45) is 16.8 Å². The van der Waals surface area contributed by atoms with E-state index in [1.807, 2.05) is 0 Å². The third-order valence-corrected chi connectivity index (χ3v) is 3.18. The molecule has 106 valence electrons. The van der Waals surface area contributed by atoms with Gasteiger partial charge in [0.2, 0.25) is 5.96 Å². The highest BCUT2D eigenvalue weighted by Crippen LogP contribution is 2.14. The molecule has 0 aromatic rings. The van der Waals surface area contributed by atoms with Crippen LogP contribution in [0.1, 0.15) is 19.3 Å². The second-order valence-electron chi connectivity index (χ2n) is 4.88. The maximum absolute atomic E-state index is 5.45. The lowest BCUT2D eigenvalue weighted by Crippen LogP contribution is -2.43. The molecule has 1 heterocycles. The van der Waals surface area contributed by atoms with E-state index in [9.17, 15) is 0 Å². The van der Waals surface area contributed by atoms with Crippen molar-refractivity contribution in [3.05, 3.63) is 0 Å². The number of likely N-dealkylation sites (tertiary alicyclic amines) is 1. The lowest BCUT2D eigenvalue weighted by molar-refractivity contribution is 0.195. The first-order chi connectivity index (χ1) is 8.76. The summed E-state index contributed by atoms with van der Waals surface area (Å²) in [5, 5.41) is 3.18. The van der Waals surface area contributed by atoms with Gasteiger partial charge in [-0.1, -0.05) is 0 Å². The monoisotopic (exact) mass is 257 g/mol. The number of ether oxygens (including phenoxy) is 1. The van der Waals surface area contributed by atoms with Gasteiger partial charge in [0, 0.05) is 33.4 Å². The Balaban J connectivity index is 2.23. The Hall–Kier alpha value is -0.850. The number of aliphatic imine (C=N–C) groups is 1. The first-order valence-corrected chi connectivity index (χ1v) is 6.68. The fourth-order valence-electron chi connectivity index (χ4n) is 2.22. The van der Waals surface area contributed by atoms with Gasteiger partial charge in [-0.25, -0.2) is 5.84 Å². The molecule has 1 aliphatic heterocycles. The van der Waals surface area contributed by atoms with E-state index in [1.54, 1.807) is 7.11 Å². The maximum Gasteiger partial charge on any atom is 0.205 e. The van der Waals surface area contributed by atoms with Gasteiger partial charge in [-0.2, -0.15) is 0 Å². The van der Waals surface area contributed by atoms with Crippen molar-refractivity contribution in [1.29, 1.82) is 0 Å². The molecule has 1 atom stereocenters. The molecule has 6 heteroatoms. The Morgan fingerprint density at radius 1 is 1.56 bits per heavy atom. The predicted octanol–water partition coefficient (Wildman–Crippen LogP) is -0.226. The van der Waals surface area contributed by atoms with E-state index in [4.69, 9.17) is 10.6 Å². The second-order valence-corrected chi connectivity index (χ2v) is 4.88. The Bertz CT molecular complexity index is 247. The smallest absolute Gasteiger partial charge is 0.205 e. The van der Waals surface area contributed by atoms with E-state index in [0.29, 0.717) is 11.9 Å². The first-order valence-electron chi connectivity index (χ1n) is 6.68. The summed E-state index contributed by atoms with van der Waals surface area (Å²) in [6.07, 6.45) is 3.47. The molecule has 18 heavy (non-hydrogen) atoms. The lowest BCUT2D eigenvalue weighted by Gasteiger charge is -2.28. The SMILES string of the molecule is COCCCNC(=NCC1CCCN(C)C1)NN. The number of guanidine groups is 1. The Kier molecular flexibility index (Phi) is 7.71. The molecule has 4 N–H and O–H groups in total. The normalized spacial score (nSPS) is 21.9. The molecular formula is C12H27N5O. The van der Waals surface area contributed by atoms with Crippen LogP contribution in [0.4, 0.5) is 0 Å². The van der Waals surface area contributed by atoms with Crippen LogP contribution < -0.4 is 16.6 Å². The summed E-state index contributed by atoms with van der Waals surface area (Å²) in [5.41, 5.74) is 2.61. The van der Waals surface area contributed by atoms with Crippen molar-refractivity contribution in [2.45, 2.75) is 19.3 Å². The number of rotatable bonds is 6. The van der Waals surface area contributed by atoms with Gasteiger partial charge >= 0.3 is 0 Å². The lowest BCUT2D eigenvalue weighted by atomic mass is 9.99. The molecule has 1 unspecified atom stereocenters. The highest BCUT2D eigenvalue weighted by atomic mass is 16.5. The standard InChI is InChI=1S/C12H27N5O/c1-17-7-3-5-11(10-17)9-15-12(16-13)14-6-4-8-18-2/h11H,3-10,13H2,1-2H3,(H2,14,15,16). The number of nitrogens with zero attached hydrogens (tertiary/aromatic N) is 2. The van der Waals surface area contributed by atoms with Crippen molar-refractivity contribution in [1.82, 2.24) is 15.6 Å². The van der Waals surface area contributed by atoms with Gasteiger partial charge in [0.05, 0.1) is 0 Å². The zero-order chi connectivity index (χ0) is 13.2. The maximum atomic E-state index is 5.45. The molecular weight excluding hydrogens is 230 g/mol. The molecule has 0 aromatic heterocycles. The summed E-state index contributed by atoms with van der Waals surface area (Å²) in [6, 6.07) is 0. The molecule has 0 spiro atoms. The number of nitrogens with two attached hydrogens (primary N) is 1. The molecule has 1 fully saturated rings. The third-order valence-electron chi connectivity index (χ3n) is 3.18. The van der Waals surface area contributed by atoms with E-state index < -0.39 is 0 Å². The average Bonchev–Trinajstić information content (AvgIpc) is 2.38. The van der Waals surface area contributed by atoms with Gasteiger partial charge in [0.1, 0.15) is 0 Å². The number of methoxy groups -OCH3 is 1. The largest absolute Gasteiger partial charge is 0.385 e. The van der Waals surface area contributed by atoms with Crippen LogP contribution in [-0.2, 0) is 4.74 Å². The molecule has 0 radical (unpaired) electrons. The summed E-state index contributed by atoms with van der Waals surface area (Å²) < 4.78 is 4.99. The minimum Gasteiger partial charge on any atom is -0.385 e. The Morgan fingerprint density at radius 2 is 2.39 bits per heavy atom. The number of hydrazine groups is 1. The minimum atomic E-state index is 0.646. The second kappa shape index (κ2) is 9.13. The van der Waals surface area contributed by atoms with E-state index in [0.717, 1.165) is 32.7 Å². The van der Waals surface area contributed by atoms with Crippen LogP contribution in [0, 0.1) is 5.92 Å². The van der Waals surface area contributed by atoms with Crippen LogP contribution >= 0.6 is 0 Å². The summed E-state index contributed by atoms with van der Waals surface area (Å²) in [7, 11) is 3.87.